The maximum atomic E-state index is 13.4. The van der Waals surface area contributed by atoms with Crippen LogP contribution in [0.2, 0.25) is 0 Å². The summed E-state index contributed by atoms with van der Waals surface area (Å²) in [4.78, 5) is 19.7. The molecule has 0 spiro atoms. The van der Waals surface area contributed by atoms with Crippen LogP contribution in [0, 0.1) is 17.8 Å². The summed E-state index contributed by atoms with van der Waals surface area (Å²) < 4.78 is 28.3. The number of rotatable bonds is 5. The van der Waals surface area contributed by atoms with Crippen LogP contribution in [0.4, 0.5) is 20.4 Å². The number of alkyl halides is 2. The van der Waals surface area contributed by atoms with Crippen LogP contribution in [0.15, 0.2) is 12.3 Å². The van der Waals surface area contributed by atoms with E-state index in [9.17, 15) is 13.6 Å². The number of carboxylic acids is 1. The molecule has 2 aliphatic heterocycles. The Hall–Kier alpha value is -2.45. The lowest BCUT2D eigenvalue weighted by atomic mass is 10.1. The van der Waals surface area contributed by atoms with Crippen molar-refractivity contribution in [2.45, 2.75) is 32.2 Å². The topological polar surface area (TPSA) is 74.0 Å². The molecule has 144 valence electrons. The number of anilines is 2. The van der Waals surface area contributed by atoms with E-state index >= 15 is 0 Å². The number of fused-ring (bicyclic) bond motifs is 2. The van der Waals surface area contributed by atoms with Crippen molar-refractivity contribution in [1.29, 1.82) is 0 Å². The highest BCUT2D eigenvalue weighted by atomic mass is 19.3. The van der Waals surface area contributed by atoms with Gasteiger partial charge in [0.25, 0.3) is 6.43 Å². The lowest BCUT2D eigenvalue weighted by Gasteiger charge is -2.40. The van der Waals surface area contributed by atoms with Crippen molar-refractivity contribution in [3.05, 3.63) is 17.8 Å². The van der Waals surface area contributed by atoms with E-state index in [1.54, 1.807) is 0 Å². The molecule has 2 aromatic rings. The Morgan fingerprint density at radius 1 is 1.37 bits per heavy atom. The summed E-state index contributed by atoms with van der Waals surface area (Å²) in [5.74, 6) is 1.68. The monoisotopic (exact) mass is 377 g/mol. The first-order valence-corrected chi connectivity index (χ1v) is 9.34. The highest BCUT2D eigenvalue weighted by molar-refractivity contribution is 5.68. The second-order valence-electron chi connectivity index (χ2n) is 7.93. The summed E-state index contributed by atoms with van der Waals surface area (Å²) in [5, 5.41) is 13.2. The van der Waals surface area contributed by atoms with Gasteiger partial charge in [-0.25, -0.2) is 13.8 Å². The van der Waals surface area contributed by atoms with Crippen LogP contribution in [0.5, 0.6) is 0 Å². The molecule has 1 unspecified atom stereocenters. The van der Waals surface area contributed by atoms with E-state index in [2.05, 4.69) is 26.8 Å². The summed E-state index contributed by atoms with van der Waals surface area (Å²) in [6.07, 6.45) is -0.153. The molecule has 4 heterocycles. The minimum atomic E-state index is -2.63. The number of aromatic nitrogens is 3. The zero-order valence-corrected chi connectivity index (χ0v) is 14.9. The first kappa shape index (κ1) is 16.7. The summed E-state index contributed by atoms with van der Waals surface area (Å²) in [5.41, 5.74) is 0.0543. The van der Waals surface area contributed by atoms with Crippen molar-refractivity contribution >= 4 is 23.3 Å². The SMILES string of the molecule is C[C@H]1CCN1c1cc(N2C[C@@H]3C(CC(=O)O)[C@@H]3C2)n2ncc(C(F)F)c2n1. The third-order valence-corrected chi connectivity index (χ3v) is 6.42. The van der Waals surface area contributed by atoms with Gasteiger partial charge in [0.05, 0.1) is 11.8 Å². The lowest BCUT2D eigenvalue weighted by molar-refractivity contribution is -0.137. The van der Waals surface area contributed by atoms with E-state index in [-0.39, 0.29) is 23.5 Å². The molecule has 0 bridgehead atoms. The summed E-state index contributed by atoms with van der Waals surface area (Å²) in [7, 11) is 0. The Kier molecular flexibility index (Phi) is 3.57. The summed E-state index contributed by atoms with van der Waals surface area (Å²) in [6.45, 7) is 4.44. The predicted molar refractivity (Wildman–Crippen MR) is 94.3 cm³/mol. The first-order chi connectivity index (χ1) is 12.9. The number of piperidine rings is 1. The van der Waals surface area contributed by atoms with Crippen LogP contribution in [0.25, 0.3) is 5.65 Å². The molecule has 0 aromatic carbocycles. The molecule has 2 aromatic heterocycles. The standard InChI is InChI=1S/C18H21F2N5O2/c1-9-2-3-24(9)14-5-15(25-18(22-14)11(6-21-25)17(19)20)23-7-12-10(4-16(26)27)13(12)8-23/h5-6,9-10,12-13,17H,2-4,7-8H2,1H3,(H,26,27)/t9-,10?,12-,13+/m0/s1. The molecule has 2 saturated heterocycles. The number of carboxylic acid groups (broad SMARTS) is 1. The van der Waals surface area contributed by atoms with Crippen molar-refractivity contribution in [3.8, 4) is 0 Å². The van der Waals surface area contributed by atoms with Crippen LogP contribution in [-0.2, 0) is 4.79 Å². The average molecular weight is 377 g/mol. The molecule has 0 amide bonds. The van der Waals surface area contributed by atoms with Gasteiger partial charge in [-0.2, -0.15) is 9.61 Å². The lowest BCUT2D eigenvalue weighted by Crippen LogP contribution is -2.46. The van der Waals surface area contributed by atoms with Gasteiger partial charge >= 0.3 is 5.97 Å². The Morgan fingerprint density at radius 3 is 2.67 bits per heavy atom. The third kappa shape index (κ3) is 2.55. The molecule has 9 heteroatoms. The fourth-order valence-electron chi connectivity index (χ4n) is 4.68. The highest BCUT2D eigenvalue weighted by Crippen LogP contribution is 2.54. The molecular weight excluding hydrogens is 356 g/mol. The first-order valence-electron chi connectivity index (χ1n) is 9.34. The van der Waals surface area contributed by atoms with E-state index in [0.717, 1.165) is 31.9 Å². The Morgan fingerprint density at radius 2 is 2.11 bits per heavy atom. The Balaban J connectivity index is 1.49. The van der Waals surface area contributed by atoms with Crippen LogP contribution in [0.3, 0.4) is 0 Å². The van der Waals surface area contributed by atoms with Gasteiger partial charge < -0.3 is 14.9 Å². The fourth-order valence-corrected chi connectivity index (χ4v) is 4.68. The largest absolute Gasteiger partial charge is 0.481 e. The number of hydrogen-bond acceptors (Lipinski definition) is 5. The molecule has 3 fully saturated rings. The maximum absolute atomic E-state index is 13.4. The molecule has 7 nitrogen and oxygen atoms in total. The average Bonchev–Trinajstić information content (AvgIpc) is 3.00. The minimum absolute atomic E-state index is 0.153. The second-order valence-corrected chi connectivity index (χ2v) is 7.93. The van der Waals surface area contributed by atoms with Crippen LogP contribution >= 0.6 is 0 Å². The third-order valence-electron chi connectivity index (χ3n) is 6.42. The van der Waals surface area contributed by atoms with Gasteiger partial charge in [-0.3, -0.25) is 4.79 Å². The van der Waals surface area contributed by atoms with E-state index in [0.29, 0.717) is 23.7 Å². The molecule has 3 aliphatic rings. The number of aliphatic carboxylic acids is 1. The Bertz CT molecular complexity index is 905. The molecular formula is C18H21F2N5O2. The summed E-state index contributed by atoms with van der Waals surface area (Å²) >= 11 is 0. The molecule has 4 atom stereocenters. The van der Waals surface area contributed by atoms with Gasteiger partial charge in [0, 0.05) is 38.2 Å². The zero-order chi connectivity index (χ0) is 18.9. The van der Waals surface area contributed by atoms with Gasteiger partial charge in [-0.1, -0.05) is 0 Å². The van der Waals surface area contributed by atoms with Gasteiger partial charge in [-0.15, -0.1) is 0 Å². The van der Waals surface area contributed by atoms with Crippen molar-refractivity contribution in [3.63, 3.8) is 0 Å². The fraction of sp³-hybridized carbons (Fsp3) is 0.611. The van der Waals surface area contributed by atoms with E-state index < -0.39 is 12.4 Å². The second kappa shape index (κ2) is 5.77. The summed E-state index contributed by atoms with van der Waals surface area (Å²) in [6, 6.07) is 2.28. The zero-order valence-electron chi connectivity index (χ0n) is 14.9. The van der Waals surface area contributed by atoms with Crippen molar-refractivity contribution in [2.75, 3.05) is 29.4 Å². The van der Waals surface area contributed by atoms with Crippen LogP contribution in [0.1, 0.15) is 31.8 Å². The van der Waals surface area contributed by atoms with Crippen LogP contribution < -0.4 is 9.80 Å². The normalized spacial score (nSPS) is 29.3. The highest BCUT2D eigenvalue weighted by Gasteiger charge is 2.56. The van der Waals surface area contributed by atoms with Crippen molar-refractivity contribution in [1.82, 2.24) is 14.6 Å². The number of halogens is 2. The maximum Gasteiger partial charge on any atom is 0.303 e. The van der Waals surface area contributed by atoms with Crippen molar-refractivity contribution < 1.29 is 18.7 Å². The smallest absolute Gasteiger partial charge is 0.303 e. The van der Waals surface area contributed by atoms with Crippen molar-refractivity contribution in [2.24, 2.45) is 17.8 Å². The van der Waals surface area contributed by atoms with E-state index in [1.165, 1.54) is 10.7 Å². The van der Waals surface area contributed by atoms with E-state index in [4.69, 9.17) is 5.11 Å². The van der Waals surface area contributed by atoms with Gasteiger partial charge in [0.1, 0.15) is 11.6 Å². The number of hydrogen-bond donors (Lipinski definition) is 1. The molecule has 1 saturated carbocycles. The molecule has 5 rings (SSSR count). The van der Waals surface area contributed by atoms with Gasteiger partial charge in [0.15, 0.2) is 5.65 Å². The molecule has 1 N–H and O–H groups in total. The van der Waals surface area contributed by atoms with Gasteiger partial charge in [0.2, 0.25) is 0 Å². The molecule has 0 radical (unpaired) electrons. The predicted octanol–water partition coefficient (Wildman–Crippen LogP) is 2.42. The molecule has 1 aliphatic carbocycles. The number of carbonyl (C=O) groups is 1. The van der Waals surface area contributed by atoms with Crippen LogP contribution in [-0.4, -0.2) is 51.4 Å². The Labute approximate surface area is 154 Å². The molecule has 27 heavy (non-hydrogen) atoms. The van der Waals surface area contributed by atoms with Gasteiger partial charge in [-0.05, 0) is 31.1 Å². The van der Waals surface area contributed by atoms with E-state index in [1.807, 2.05) is 6.07 Å². The quantitative estimate of drug-likeness (QED) is 0.863. The minimum Gasteiger partial charge on any atom is -0.481 e. The number of nitrogens with zero attached hydrogens (tertiary/aromatic N) is 5.